The van der Waals surface area contributed by atoms with Crippen LogP contribution in [0.5, 0.6) is 0 Å². The van der Waals surface area contributed by atoms with Gasteiger partial charge in [-0.3, -0.25) is 4.98 Å². The van der Waals surface area contributed by atoms with E-state index in [1.165, 1.54) is 16.5 Å². The molecule has 0 aliphatic carbocycles. The molecule has 2 nitrogen and oxygen atoms in total. The second kappa shape index (κ2) is 5.06. The molecule has 0 bridgehead atoms. The van der Waals surface area contributed by atoms with E-state index in [1.54, 1.807) is 0 Å². The van der Waals surface area contributed by atoms with Crippen molar-refractivity contribution in [3.05, 3.63) is 65.9 Å². The monoisotopic (exact) mass is 262 g/mol. The summed E-state index contributed by atoms with van der Waals surface area (Å²) in [5, 5.41) is 1.17. The fraction of sp³-hybridized carbons (Fsp3) is 0.167. The van der Waals surface area contributed by atoms with E-state index in [0.717, 1.165) is 16.8 Å². The molecule has 3 rings (SSSR count). The van der Waals surface area contributed by atoms with Gasteiger partial charge in [0.05, 0.1) is 5.52 Å². The lowest BCUT2D eigenvalue weighted by Crippen LogP contribution is -2.04. The van der Waals surface area contributed by atoms with Crippen LogP contribution in [-0.4, -0.2) is 4.98 Å². The van der Waals surface area contributed by atoms with E-state index < -0.39 is 0 Å². The molecule has 0 amide bonds. The lowest BCUT2D eigenvalue weighted by molar-refractivity contribution is 0.819. The Labute approximate surface area is 119 Å². The highest BCUT2D eigenvalue weighted by molar-refractivity contribution is 5.84. The predicted octanol–water partition coefficient (Wildman–Crippen LogP) is 4.23. The highest BCUT2D eigenvalue weighted by Crippen LogP contribution is 2.25. The number of nitrogens with zero attached hydrogens (tertiary/aromatic N) is 1. The van der Waals surface area contributed by atoms with Gasteiger partial charge >= 0.3 is 0 Å². The van der Waals surface area contributed by atoms with Crippen LogP contribution >= 0.6 is 0 Å². The first-order valence-electron chi connectivity index (χ1n) is 6.87. The topological polar surface area (TPSA) is 38.9 Å². The summed E-state index contributed by atoms with van der Waals surface area (Å²) < 4.78 is 0. The van der Waals surface area contributed by atoms with Crippen molar-refractivity contribution in [2.24, 2.45) is 5.73 Å². The van der Waals surface area contributed by atoms with Gasteiger partial charge < -0.3 is 5.73 Å². The first-order chi connectivity index (χ1) is 9.63. The highest BCUT2D eigenvalue weighted by Gasteiger charge is 2.04. The van der Waals surface area contributed by atoms with Crippen molar-refractivity contribution in [2.75, 3.05) is 0 Å². The van der Waals surface area contributed by atoms with Crippen LogP contribution in [0.3, 0.4) is 0 Å². The lowest BCUT2D eigenvalue weighted by atomic mass is 9.99. The van der Waals surface area contributed by atoms with Gasteiger partial charge in [-0.05, 0) is 54.8 Å². The second-order valence-electron chi connectivity index (χ2n) is 5.27. The van der Waals surface area contributed by atoms with Crippen LogP contribution in [-0.2, 0) is 0 Å². The number of nitrogens with two attached hydrogens (primary N) is 1. The first-order valence-corrected chi connectivity index (χ1v) is 6.87. The zero-order valence-corrected chi connectivity index (χ0v) is 11.8. The standard InChI is InChI=1S/C18H18N2/c1-12-6-7-17-11-16(8-9-18(17)20-12)15-5-3-4-14(10-15)13(2)19/h3-11,13H,19H2,1-2H3. The van der Waals surface area contributed by atoms with Crippen molar-refractivity contribution in [3.63, 3.8) is 0 Å². The van der Waals surface area contributed by atoms with Gasteiger partial charge in [0.2, 0.25) is 0 Å². The second-order valence-corrected chi connectivity index (χ2v) is 5.27. The molecule has 1 atom stereocenters. The van der Waals surface area contributed by atoms with Gasteiger partial charge in [-0.25, -0.2) is 0 Å². The zero-order chi connectivity index (χ0) is 14.1. The fourth-order valence-corrected chi connectivity index (χ4v) is 2.41. The van der Waals surface area contributed by atoms with Crippen molar-refractivity contribution in [3.8, 4) is 11.1 Å². The maximum absolute atomic E-state index is 5.96. The Balaban J connectivity index is 2.10. The van der Waals surface area contributed by atoms with Crippen LogP contribution in [0.15, 0.2) is 54.6 Å². The van der Waals surface area contributed by atoms with Crippen molar-refractivity contribution < 1.29 is 0 Å². The van der Waals surface area contributed by atoms with Crippen molar-refractivity contribution >= 4 is 10.9 Å². The van der Waals surface area contributed by atoms with Gasteiger partial charge in [-0.2, -0.15) is 0 Å². The van der Waals surface area contributed by atoms with E-state index in [0.29, 0.717) is 0 Å². The number of aromatic nitrogens is 1. The first kappa shape index (κ1) is 12.8. The summed E-state index contributed by atoms with van der Waals surface area (Å²) in [6.45, 7) is 4.02. The number of hydrogen-bond donors (Lipinski definition) is 1. The van der Waals surface area contributed by atoms with Crippen LogP contribution in [0.2, 0.25) is 0 Å². The predicted molar refractivity (Wildman–Crippen MR) is 84.5 cm³/mol. The van der Waals surface area contributed by atoms with E-state index >= 15 is 0 Å². The van der Waals surface area contributed by atoms with Crippen molar-refractivity contribution in [1.82, 2.24) is 4.98 Å². The minimum absolute atomic E-state index is 0.0553. The largest absolute Gasteiger partial charge is 0.324 e. The molecule has 1 heterocycles. The molecule has 0 fully saturated rings. The van der Waals surface area contributed by atoms with Crippen LogP contribution in [0.25, 0.3) is 22.0 Å². The Kier molecular flexibility index (Phi) is 3.25. The molecule has 0 saturated carbocycles. The summed E-state index contributed by atoms with van der Waals surface area (Å²) in [7, 11) is 0. The summed E-state index contributed by atoms with van der Waals surface area (Å²) >= 11 is 0. The van der Waals surface area contributed by atoms with Gasteiger partial charge in [0.1, 0.15) is 0 Å². The van der Waals surface area contributed by atoms with Gasteiger partial charge in [0.25, 0.3) is 0 Å². The normalized spacial score (nSPS) is 12.6. The van der Waals surface area contributed by atoms with Gasteiger partial charge in [0, 0.05) is 17.1 Å². The Morgan fingerprint density at radius 1 is 0.950 bits per heavy atom. The average molecular weight is 262 g/mol. The molecule has 2 aromatic carbocycles. The number of rotatable bonds is 2. The summed E-state index contributed by atoms with van der Waals surface area (Å²) in [5.41, 5.74) is 11.6. The third kappa shape index (κ3) is 2.43. The SMILES string of the molecule is Cc1ccc2cc(-c3cccc(C(C)N)c3)ccc2n1. The number of pyridine rings is 1. The number of aryl methyl sites for hydroxylation is 1. The van der Waals surface area contributed by atoms with E-state index in [9.17, 15) is 0 Å². The van der Waals surface area contributed by atoms with E-state index in [2.05, 4.69) is 53.5 Å². The molecule has 1 aromatic heterocycles. The number of hydrogen-bond acceptors (Lipinski definition) is 2. The van der Waals surface area contributed by atoms with E-state index in [1.807, 2.05) is 19.9 Å². The number of fused-ring (bicyclic) bond motifs is 1. The molecule has 0 aliphatic heterocycles. The molecular formula is C18H18N2. The van der Waals surface area contributed by atoms with Crippen LogP contribution in [0, 0.1) is 6.92 Å². The Morgan fingerprint density at radius 2 is 1.75 bits per heavy atom. The average Bonchev–Trinajstić information content (AvgIpc) is 2.47. The summed E-state index contributed by atoms with van der Waals surface area (Å²) in [6.07, 6.45) is 0. The molecule has 0 spiro atoms. The van der Waals surface area contributed by atoms with Crippen molar-refractivity contribution in [2.45, 2.75) is 19.9 Å². The maximum Gasteiger partial charge on any atom is 0.0705 e. The van der Waals surface area contributed by atoms with Gasteiger partial charge in [-0.15, -0.1) is 0 Å². The summed E-state index contributed by atoms with van der Waals surface area (Å²) in [4.78, 5) is 4.54. The Morgan fingerprint density at radius 3 is 2.55 bits per heavy atom. The smallest absolute Gasteiger partial charge is 0.0705 e. The minimum atomic E-state index is 0.0553. The molecule has 2 heteroatoms. The molecular weight excluding hydrogens is 244 g/mol. The molecule has 1 unspecified atom stereocenters. The Bertz CT molecular complexity index is 760. The van der Waals surface area contributed by atoms with Gasteiger partial charge in [0.15, 0.2) is 0 Å². The fourth-order valence-electron chi connectivity index (χ4n) is 2.41. The summed E-state index contributed by atoms with van der Waals surface area (Å²) in [6, 6.07) is 19.0. The van der Waals surface area contributed by atoms with Crippen LogP contribution in [0.1, 0.15) is 24.2 Å². The van der Waals surface area contributed by atoms with Gasteiger partial charge in [-0.1, -0.05) is 30.3 Å². The number of benzene rings is 2. The maximum atomic E-state index is 5.96. The van der Waals surface area contributed by atoms with Crippen molar-refractivity contribution in [1.29, 1.82) is 0 Å². The highest BCUT2D eigenvalue weighted by atomic mass is 14.7. The molecule has 20 heavy (non-hydrogen) atoms. The zero-order valence-electron chi connectivity index (χ0n) is 11.8. The third-order valence-electron chi connectivity index (χ3n) is 3.57. The molecule has 100 valence electrons. The lowest BCUT2D eigenvalue weighted by Gasteiger charge is -2.09. The summed E-state index contributed by atoms with van der Waals surface area (Å²) in [5.74, 6) is 0. The molecule has 0 radical (unpaired) electrons. The van der Waals surface area contributed by atoms with Crippen LogP contribution in [0.4, 0.5) is 0 Å². The molecule has 2 N–H and O–H groups in total. The molecule has 0 aliphatic rings. The third-order valence-corrected chi connectivity index (χ3v) is 3.57. The molecule has 0 saturated heterocycles. The van der Waals surface area contributed by atoms with E-state index in [-0.39, 0.29) is 6.04 Å². The Hall–Kier alpha value is -2.19. The van der Waals surface area contributed by atoms with E-state index in [4.69, 9.17) is 5.73 Å². The quantitative estimate of drug-likeness (QED) is 0.750. The molecule has 3 aromatic rings. The minimum Gasteiger partial charge on any atom is -0.324 e. The van der Waals surface area contributed by atoms with Crippen LogP contribution < -0.4 is 5.73 Å².